The smallest absolute Gasteiger partial charge is 0.336 e. The lowest BCUT2D eigenvalue weighted by Crippen LogP contribution is -2.05. The zero-order valence-electron chi connectivity index (χ0n) is 12.9. The number of benzene rings is 1. The molecule has 2 heterocycles. The quantitative estimate of drug-likeness (QED) is 0.402. The summed E-state index contributed by atoms with van der Waals surface area (Å²) in [5.41, 5.74) is 0.472. The van der Waals surface area contributed by atoms with Crippen molar-refractivity contribution in [1.82, 2.24) is 0 Å². The molecule has 0 bridgehead atoms. The molecule has 2 aromatic heterocycles. The molecule has 0 aliphatic carbocycles. The Kier molecular flexibility index (Phi) is 4.77. The summed E-state index contributed by atoms with van der Waals surface area (Å²) in [6.45, 7) is -0.0119. The van der Waals surface area contributed by atoms with Crippen molar-refractivity contribution in [3.63, 3.8) is 0 Å². The predicted molar refractivity (Wildman–Crippen MR) is 92.2 cm³/mol. The van der Waals surface area contributed by atoms with Gasteiger partial charge in [0.15, 0.2) is 0 Å². The summed E-state index contributed by atoms with van der Waals surface area (Å²) < 4.78 is 15.5. The molecule has 0 fully saturated rings. The highest BCUT2D eigenvalue weighted by atomic mass is 32.1. The zero-order valence-corrected chi connectivity index (χ0v) is 13.7. The molecule has 0 N–H and O–H groups in total. The first kappa shape index (κ1) is 16.0. The van der Waals surface area contributed by atoms with Crippen LogP contribution in [0.3, 0.4) is 0 Å². The Hall–Kier alpha value is -2.86. The summed E-state index contributed by atoms with van der Waals surface area (Å²) in [6.07, 6.45) is 3.05. The van der Waals surface area contributed by atoms with E-state index < -0.39 is 11.6 Å². The lowest BCUT2D eigenvalue weighted by Gasteiger charge is -2.07. The number of thiophene rings is 1. The van der Waals surface area contributed by atoms with E-state index in [1.807, 2.05) is 17.5 Å². The summed E-state index contributed by atoms with van der Waals surface area (Å²) in [4.78, 5) is 24.4. The van der Waals surface area contributed by atoms with Crippen LogP contribution in [0.2, 0.25) is 0 Å². The highest BCUT2D eigenvalue weighted by Crippen LogP contribution is 2.23. The molecule has 0 unspecified atom stereocenters. The molecule has 0 spiro atoms. The van der Waals surface area contributed by atoms with Gasteiger partial charge in [0.25, 0.3) is 0 Å². The van der Waals surface area contributed by atoms with Crippen molar-refractivity contribution in [2.45, 2.75) is 6.61 Å². The van der Waals surface area contributed by atoms with Crippen molar-refractivity contribution < 1.29 is 18.7 Å². The van der Waals surface area contributed by atoms with E-state index in [0.29, 0.717) is 22.3 Å². The van der Waals surface area contributed by atoms with Crippen LogP contribution in [0.1, 0.15) is 10.4 Å². The second kappa shape index (κ2) is 7.14. The fourth-order valence-corrected chi connectivity index (χ4v) is 2.81. The predicted octanol–water partition coefficient (Wildman–Crippen LogP) is 3.62. The van der Waals surface area contributed by atoms with Gasteiger partial charge in [0.2, 0.25) is 0 Å². The summed E-state index contributed by atoms with van der Waals surface area (Å²) in [5, 5.41) is 2.62. The molecule has 0 aliphatic rings. The molecule has 6 heteroatoms. The fraction of sp³-hybridized carbons (Fsp3) is 0.111. The van der Waals surface area contributed by atoms with Gasteiger partial charge in [0.05, 0.1) is 7.11 Å². The summed E-state index contributed by atoms with van der Waals surface area (Å²) in [5.74, 6) is 0.108. The first-order valence-corrected chi connectivity index (χ1v) is 8.03. The van der Waals surface area contributed by atoms with Crippen LogP contribution in [0.15, 0.2) is 57.1 Å². The Labute approximate surface area is 141 Å². The molecule has 0 atom stereocenters. The number of methoxy groups -OCH3 is 1. The SMILES string of the molecule is COc1ccc2c(COC(=O)/C=C/c3cccs3)cc(=O)oc2c1. The van der Waals surface area contributed by atoms with Crippen molar-refractivity contribution in [2.24, 2.45) is 0 Å². The fourth-order valence-electron chi connectivity index (χ4n) is 2.19. The summed E-state index contributed by atoms with van der Waals surface area (Å²) in [6, 6.07) is 10.3. The molecular formula is C18H14O5S. The van der Waals surface area contributed by atoms with Crippen LogP contribution in [0, 0.1) is 0 Å². The van der Waals surface area contributed by atoms with Crippen LogP contribution in [0.5, 0.6) is 5.75 Å². The number of hydrogen-bond acceptors (Lipinski definition) is 6. The van der Waals surface area contributed by atoms with Gasteiger partial charge in [0, 0.05) is 34.0 Å². The molecule has 0 saturated heterocycles. The molecular weight excluding hydrogens is 328 g/mol. The number of hydrogen-bond donors (Lipinski definition) is 0. The van der Waals surface area contributed by atoms with Gasteiger partial charge in [0.1, 0.15) is 17.9 Å². The van der Waals surface area contributed by atoms with Crippen LogP contribution >= 0.6 is 11.3 Å². The van der Waals surface area contributed by atoms with Crippen molar-refractivity contribution in [1.29, 1.82) is 0 Å². The van der Waals surface area contributed by atoms with Gasteiger partial charge < -0.3 is 13.9 Å². The minimum Gasteiger partial charge on any atom is -0.497 e. The van der Waals surface area contributed by atoms with Gasteiger partial charge in [-0.15, -0.1) is 11.3 Å². The van der Waals surface area contributed by atoms with E-state index in [-0.39, 0.29) is 6.61 Å². The van der Waals surface area contributed by atoms with Crippen molar-refractivity contribution in [3.8, 4) is 5.75 Å². The Morgan fingerprint density at radius 1 is 1.29 bits per heavy atom. The zero-order chi connectivity index (χ0) is 16.9. The van der Waals surface area contributed by atoms with Crippen LogP contribution in [-0.2, 0) is 16.1 Å². The second-order valence-corrected chi connectivity index (χ2v) is 5.89. The van der Waals surface area contributed by atoms with Crippen LogP contribution in [0.4, 0.5) is 0 Å². The number of carbonyl (C=O) groups is 1. The molecule has 3 aromatic rings. The first-order chi connectivity index (χ1) is 11.7. The maximum Gasteiger partial charge on any atom is 0.336 e. The minimum absolute atomic E-state index is 0.0119. The van der Waals surface area contributed by atoms with E-state index in [1.54, 1.807) is 24.3 Å². The van der Waals surface area contributed by atoms with Crippen LogP contribution in [0.25, 0.3) is 17.0 Å². The lowest BCUT2D eigenvalue weighted by atomic mass is 10.1. The number of carbonyl (C=O) groups excluding carboxylic acids is 1. The van der Waals surface area contributed by atoms with E-state index in [4.69, 9.17) is 13.9 Å². The molecule has 0 saturated carbocycles. The van der Waals surface area contributed by atoms with E-state index in [9.17, 15) is 9.59 Å². The average Bonchev–Trinajstić information content (AvgIpc) is 3.10. The van der Waals surface area contributed by atoms with Crippen molar-refractivity contribution in [3.05, 3.63) is 68.7 Å². The average molecular weight is 342 g/mol. The molecule has 24 heavy (non-hydrogen) atoms. The Bertz CT molecular complexity index is 938. The standard InChI is InChI=1S/C18H14O5S/c1-21-13-4-6-15-12(9-18(20)23-16(15)10-13)11-22-17(19)7-5-14-3-2-8-24-14/h2-10H,11H2,1H3/b7-5+. The highest BCUT2D eigenvalue weighted by Gasteiger charge is 2.09. The largest absolute Gasteiger partial charge is 0.497 e. The number of rotatable bonds is 5. The molecule has 0 amide bonds. The Morgan fingerprint density at radius 2 is 2.17 bits per heavy atom. The molecule has 122 valence electrons. The molecule has 0 aliphatic heterocycles. The topological polar surface area (TPSA) is 65.7 Å². The Morgan fingerprint density at radius 3 is 2.92 bits per heavy atom. The minimum atomic E-state index is -0.504. The monoisotopic (exact) mass is 342 g/mol. The maximum atomic E-state index is 11.8. The molecule has 0 radical (unpaired) electrons. The third-order valence-corrected chi connectivity index (χ3v) is 4.17. The third-order valence-electron chi connectivity index (χ3n) is 3.33. The third kappa shape index (κ3) is 3.72. The van der Waals surface area contributed by atoms with Gasteiger partial charge in [-0.05, 0) is 29.7 Å². The van der Waals surface area contributed by atoms with E-state index in [2.05, 4.69) is 0 Å². The lowest BCUT2D eigenvalue weighted by molar-refractivity contribution is -0.138. The van der Waals surface area contributed by atoms with Gasteiger partial charge in [-0.25, -0.2) is 9.59 Å². The van der Waals surface area contributed by atoms with Crippen LogP contribution in [-0.4, -0.2) is 13.1 Å². The summed E-state index contributed by atoms with van der Waals surface area (Å²) in [7, 11) is 1.53. The van der Waals surface area contributed by atoms with Gasteiger partial charge in [-0.3, -0.25) is 0 Å². The van der Waals surface area contributed by atoms with Gasteiger partial charge >= 0.3 is 11.6 Å². The molecule has 3 rings (SSSR count). The first-order valence-electron chi connectivity index (χ1n) is 7.15. The number of ether oxygens (including phenoxy) is 2. The Balaban J connectivity index is 1.77. The second-order valence-electron chi connectivity index (χ2n) is 4.91. The number of fused-ring (bicyclic) bond motifs is 1. The summed E-state index contributed by atoms with van der Waals surface area (Å²) >= 11 is 1.53. The number of esters is 1. The molecule has 1 aromatic carbocycles. The van der Waals surface area contributed by atoms with E-state index in [1.165, 1.54) is 30.6 Å². The molecule has 5 nitrogen and oxygen atoms in total. The van der Waals surface area contributed by atoms with Gasteiger partial charge in [-0.2, -0.15) is 0 Å². The van der Waals surface area contributed by atoms with Gasteiger partial charge in [-0.1, -0.05) is 6.07 Å². The van der Waals surface area contributed by atoms with E-state index >= 15 is 0 Å². The normalized spacial score (nSPS) is 11.0. The van der Waals surface area contributed by atoms with Crippen molar-refractivity contribution in [2.75, 3.05) is 7.11 Å². The highest BCUT2D eigenvalue weighted by molar-refractivity contribution is 7.10. The maximum absolute atomic E-state index is 11.8. The van der Waals surface area contributed by atoms with Crippen LogP contribution < -0.4 is 10.4 Å². The van der Waals surface area contributed by atoms with Crippen molar-refractivity contribution >= 4 is 34.4 Å². The van der Waals surface area contributed by atoms with E-state index in [0.717, 1.165) is 4.88 Å².